The maximum Gasteiger partial charge on any atom is 0.0916 e. The molecule has 1 fully saturated rings. The minimum absolute atomic E-state index is 0.657. The van der Waals surface area contributed by atoms with E-state index in [0.29, 0.717) is 0 Å². The van der Waals surface area contributed by atoms with Gasteiger partial charge < -0.3 is 10.8 Å². The average molecular weight is 191 g/mol. The van der Waals surface area contributed by atoms with E-state index in [1.165, 1.54) is 0 Å². The van der Waals surface area contributed by atoms with Crippen LogP contribution in [-0.4, -0.2) is 5.11 Å². The molecule has 0 spiro atoms. The Morgan fingerprint density at radius 3 is 2.57 bits per heavy atom. The highest BCUT2D eigenvalue weighted by molar-refractivity contribution is 5.55. The number of hydrogen-bond acceptors (Lipinski definition) is 2. The van der Waals surface area contributed by atoms with E-state index in [2.05, 4.69) is 0 Å². The summed E-state index contributed by atoms with van der Waals surface area (Å²) in [5.41, 5.74) is 8.08. The second-order valence-electron chi connectivity index (χ2n) is 4.27. The molecule has 1 aromatic rings. The van der Waals surface area contributed by atoms with E-state index in [4.69, 9.17) is 5.73 Å². The normalized spacial score (nSPS) is 19.9. The van der Waals surface area contributed by atoms with Gasteiger partial charge in [0.1, 0.15) is 0 Å². The van der Waals surface area contributed by atoms with Crippen molar-refractivity contribution < 1.29 is 5.11 Å². The second kappa shape index (κ2) is 3.28. The Balaban J connectivity index is 2.45. The third-order valence-corrected chi connectivity index (χ3v) is 3.26. The van der Waals surface area contributed by atoms with Gasteiger partial charge in [-0.3, -0.25) is 0 Å². The van der Waals surface area contributed by atoms with Gasteiger partial charge in [-0.1, -0.05) is 31.0 Å². The molecule has 76 valence electrons. The first-order chi connectivity index (χ1) is 6.63. The van der Waals surface area contributed by atoms with Crippen LogP contribution >= 0.6 is 0 Å². The number of para-hydroxylation sites is 1. The second-order valence-corrected chi connectivity index (χ2v) is 4.27. The predicted octanol–water partition coefficient (Wildman–Crippen LogP) is 2.34. The van der Waals surface area contributed by atoms with Gasteiger partial charge in [-0.05, 0) is 25.3 Å². The van der Waals surface area contributed by atoms with Gasteiger partial charge >= 0.3 is 0 Å². The molecule has 0 amide bonds. The maximum absolute atomic E-state index is 10.4. The van der Waals surface area contributed by atoms with Crippen molar-refractivity contribution in [1.82, 2.24) is 0 Å². The van der Waals surface area contributed by atoms with Crippen molar-refractivity contribution in [2.75, 3.05) is 5.73 Å². The first kappa shape index (κ1) is 9.53. The first-order valence-corrected chi connectivity index (χ1v) is 5.21. The maximum atomic E-state index is 10.4. The molecule has 0 aromatic heterocycles. The minimum Gasteiger partial charge on any atom is -0.398 e. The quantitative estimate of drug-likeness (QED) is 0.669. The van der Waals surface area contributed by atoms with Crippen molar-refractivity contribution in [2.24, 2.45) is 0 Å². The zero-order valence-corrected chi connectivity index (χ0v) is 8.59. The van der Waals surface area contributed by atoms with Crippen LogP contribution in [0.15, 0.2) is 18.2 Å². The Hall–Kier alpha value is -1.02. The van der Waals surface area contributed by atoms with E-state index in [1.807, 2.05) is 25.1 Å². The molecule has 2 rings (SSSR count). The zero-order chi connectivity index (χ0) is 10.2. The largest absolute Gasteiger partial charge is 0.398 e. The lowest BCUT2D eigenvalue weighted by molar-refractivity contribution is 0.0452. The number of rotatable bonds is 1. The molecule has 2 heteroatoms. The van der Waals surface area contributed by atoms with Crippen molar-refractivity contribution in [3.8, 4) is 0 Å². The Morgan fingerprint density at radius 2 is 1.93 bits per heavy atom. The van der Waals surface area contributed by atoms with Gasteiger partial charge in [0, 0.05) is 11.3 Å². The number of nitrogens with two attached hydrogens (primary N) is 1. The van der Waals surface area contributed by atoms with Crippen molar-refractivity contribution in [3.05, 3.63) is 29.3 Å². The predicted molar refractivity (Wildman–Crippen MR) is 58.0 cm³/mol. The molecule has 0 bridgehead atoms. The van der Waals surface area contributed by atoms with Crippen LogP contribution in [0.2, 0.25) is 0 Å². The molecule has 0 aliphatic heterocycles. The summed E-state index contributed by atoms with van der Waals surface area (Å²) < 4.78 is 0. The van der Waals surface area contributed by atoms with Crippen LogP contribution in [0.25, 0.3) is 0 Å². The van der Waals surface area contributed by atoms with E-state index in [-0.39, 0.29) is 0 Å². The number of anilines is 1. The molecule has 0 radical (unpaired) electrons. The highest BCUT2D eigenvalue weighted by Gasteiger charge is 2.34. The van der Waals surface area contributed by atoms with Gasteiger partial charge in [0.25, 0.3) is 0 Å². The fourth-order valence-corrected chi connectivity index (χ4v) is 2.32. The first-order valence-electron chi connectivity index (χ1n) is 5.21. The third kappa shape index (κ3) is 1.40. The zero-order valence-electron chi connectivity index (χ0n) is 8.59. The SMILES string of the molecule is Cc1cccc(C2(O)CCCC2)c1N. The highest BCUT2D eigenvalue weighted by atomic mass is 16.3. The van der Waals surface area contributed by atoms with Crippen molar-refractivity contribution in [3.63, 3.8) is 0 Å². The molecular formula is C12H17NO. The summed E-state index contributed by atoms with van der Waals surface area (Å²) in [6.45, 7) is 1.98. The van der Waals surface area contributed by atoms with Crippen molar-refractivity contribution in [1.29, 1.82) is 0 Å². The van der Waals surface area contributed by atoms with Crippen molar-refractivity contribution >= 4 is 5.69 Å². The fourth-order valence-electron chi connectivity index (χ4n) is 2.32. The molecule has 0 saturated heterocycles. The Kier molecular flexibility index (Phi) is 2.23. The highest BCUT2D eigenvalue weighted by Crippen LogP contribution is 2.41. The fraction of sp³-hybridized carbons (Fsp3) is 0.500. The van der Waals surface area contributed by atoms with E-state index in [9.17, 15) is 5.11 Å². The lowest BCUT2D eigenvalue weighted by atomic mass is 9.89. The molecule has 1 aliphatic carbocycles. The van der Waals surface area contributed by atoms with E-state index < -0.39 is 5.60 Å². The molecule has 3 N–H and O–H groups in total. The van der Waals surface area contributed by atoms with Crippen LogP contribution in [0.3, 0.4) is 0 Å². The summed E-state index contributed by atoms with van der Waals surface area (Å²) >= 11 is 0. The Bertz CT molecular complexity index is 340. The summed E-state index contributed by atoms with van der Waals surface area (Å²) in [5, 5.41) is 10.4. The number of nitrogen functional groups attached to an aromatic ring is 1. The van der Waals surface area contributed by atoms with Gasteiger partial charge in [-0.2, -0.15) is 0 Å². The molecule has 14 heavy (non-hydrogen) atoms. The van der Waals surface area contributed by atoms with E-state index >= 15 is 0 Å². The van der Waals surface area contributed by atoms with Gasteiger partial charge in [-0.25, -0.2) is 0 Å². The van der Waals surface area contributed by atoms with Crippen LogP contribution in [0.4, 0.5) is 5.69 Å². The van der Waals surface area contributed by atoms with Crippen LogP contribution < -0.4 is 5.73 Å². The summed E-state index contributed by atoms with van der Waals surface area (Å²) in [7, 11) is 0. The van der Waals surface area contributed by atoms with E-state index in [1.54, 1.807) is 0 Å². The Labute approximate surface area is 84.7 Å². The van der Waals surface area contributed by atoms with E-state index in [0.717, 1.165) is 42.5 Å². The Morgan fingerprint density at radius 1 is 1.29 bits per heavy atom. The standard InChI is InChI=1S/C12H17NO/c1-9-5-4-6-10(11(9)13)12(14)7-2-3-8-12/h4-6,14H,2-3,7-8,13H2,1H3. The van der Waals surface area contributed by atoms with Crippen molar-refractivity contribution in [2.45, 2.75) is 38.2 Å². The summed E-state index contributed by atoms with van der Waals surface area (Å²) in [5.74, 6) is 0. The molecule has 0 heterocycles. The molecule has 0 atom stereocenters. The molecule has 0 unspecified atom stereocenters. The van der Waals surface area contributed by atoms with Gasteiger partial charge in [0.2, 0.25) is 0 Å². The number of aryl methyl sites for hydroxylation is 1. The van der Waals surface area contributed by atoms with Crippen LogP contribution in [-0.2, 0) is 5.60 Å². The summed E-state index contributed by atoms with van der Waals surface area (Å²) in [6, 6.07) is 5.90. The topological polar surface area (TPSA) is 46.2 Å². The molecule has 2 nitrogen and oxygen atoms in total. The van der Waals surface area contributed by atoms with Crippen LogP contribution in [0.5, 0.6) is 0 Å². The monoisotopic (exact) mass is 191 g/mol. The summed E-state index contributed by atoms with van der Waals surface area (Å²) in [4.78, 5) is 0. The molecule has 1 saturated carbocycles. The number of hydrogen-bond donors (Lipinski definition) is 2. The van der Waals surface area contributed by atoms with Gasteiger partial charge in [-0.15, -0.1) is 0 Å². The lowest BCUT2D eigenvalue weighted by Crippen LogP contribution is -2.22. The number of aliphatic hydroxyl groups is 1. The van der Waals surface area contributed by atoms with Crippen LogP contribution in [0.1, 0.15) is 36.8 Å². The third-order valence-electron chi connectivity index (χ3n) is 3.26. The van der Waals surface area contributed by atoms with Gasteiger partial charge in [0.05, 0.1) is 5.60 Å². The van der Waals surface area contributed by atoms with Gasteiger partial charge in [0.15, 0.2) is 0 Å². The minimum atomic E-state index is -0.657. The smallest absolute Gasteiger partial charge is 0.0916 e. The molecule has 1 aromatic carbocycles. The summed E-state index contributed by atoms with van der Waals surface area (Å²) in [6.07, 6.45) is 3.90. The average Bonchev–Trinajstić information content (AvgIpc) is 2.58. The number of benzene rings is 1. The molecule has 1 aliphatic rings. The lowest BCUT2D eigenvalue weighted by Gasteiger charge is -2.25. The molecular weight excluding hydrogens is 174 g/mol. The van der Waals surface area contributed by atoms with Crippen LogP contribution in [0, 0.1) is 6.92 Å².